The fourth-order valence-corrected chi connectivity index (χ4v) is 3.87. The molecular weight excluding hydrogens is 330 g/mol. The van der Waals surface area contributed by atoms with Crippen molar-refractivity contribution in [1.29, 1.82) is 0 Å². The molecule has 1 fully saturated rings. The molecule has 0 atom stereocenters. The molecule has 1 aromatic carbocycles. The van der Waals surface area contributed by atoms with E-state index in [0.29, 0.717) is 11.7 Å². The monoisotopic (exact) mass is 353 g/mol. The number of hydrogen-bond acceptors (Lipinski definition) is 5. The summed E-state index contributed by atoms with van der Waals surface area (Å²) >= 11 is 0. The number of nitrogens with one attached hydrogen (secondary N) is 1. The van der Waals surface area contributed by atoms with Gasteiger partial charge >= 0.3 is 0 Å². The number of hydrogen-bond donors (Lipinski definition) is 1. The molecule has 0 aliphatic heterocycles. The Kier molecular flexibility index (Phi) is 4.22. The van der Waals surface area contributed by atoms with Gasteiger partial charge in [-0.3, -0.25) is 9.48 Å². The highest BCUT2D eigenvalue weighted by Gasteiger charge is 2.27. The largest absolute Gasteiger partial charge is 0.354 e. The number of carbonyl (C=O) groups is 1. The van der Waals surface area contributed by atoms with Crippen LogP contribution in [-0.4, -0.2) is 31.9 Å². The smallest absolute Gasteiger partial charge is 0.230 e. The van der Waals surface area contributed by atoms with Crippen molar-refractivity contribution >= 4 is 16.8 Å². The molecule has 0 spiro atoms. The highest BCUT2D eigenvalue weighted by Crippen LogP contribution is 2.33. The first-order valence-electron chi connectivity index (χ1n) is 9.05. The first-order valence-corrected chi connectivity index (χ1v) is 9.05. The molecule has 1 amide bonds. The number of aromatic nitrogens is 4. The molecule has 7 heteroatoms. The number of benzene rings is 1. The normalized spacial score (nSPS) is 20.4. The summed E-state index contributed by atoms with van der Waals surface area (Å²) in [4.78, 5) is 15.8. The minimum atomic E-state index is 0.0364. The summed E-state index contributed by atoms with van der Waals surface area (Å²) in [6.07, 6.45) is 3.80. The standard InChI is InChI=1S/C19H23N5O2/c1-11-16-9-6-14(10-17(16)24(3)22-11)18-21-19(26-23-18)13-4-7-15(8-5-13)20-12(2)25/h6,9-10,13,15H,4-5,7-8H2,1-3H3,(H,20,25)/t13-,15-. The lowest BCUT2D eigenvalue weighted by Crippen LogP contribution is -2.35. The average molecular weight is 353 g/mol. The zero-order valence-corrected chi connectivity index (χ0v) is 15.3. The van der Waals surface area contributed by atoms with Crippen LogP contribution in [0.25, 0.3) is 22.3 Å². The Bertz CT molecular complexity index is 950. The van der Waals surface area contributed by atoms with Gasteiger partial charge in [-0.25, -0.2) is 0 Å². The van der Waals surface area contributed by atoms with Gasteiger partial charge in [0.05, 0.1) is 11.2 Å². The first-order chi connectivity index (χ1) is 12.5. The Balaban J connectivity index is 1.52. The Morgan fingerprint density at radius 1 is 1.27 bits per heavy atom. The van der Waals surface area contributed by atoms with E-state index in [1.807, 2.05) is 24.7 Å². The third-order valence-corrected chi connectivity index (χ3v) is 5.22. The van der Waals surface area contributed by atoms with Gasteiger partial charge in [-0.05, 0) is 38.7 Å². The summed E-state index contributed by atoms with van der Waals surface area (Å²) in [5.74, 6) is 1.62. The van der Waals surface area contributed by atoms with Gasteiger partial charge < -0.3 is 9.84 Å². The fourth-order valence-electron chi connectivity index (χ4n) is 3.87. The number of aryl methyl sites for hydroxylation is 2. The molecule has 3 aromatic rings. The fraction of sp³-hybridized carbons (Fsp3) is 0.474. The molecule has 0 bridgehead atoms. The van der Waals surface area contributed by atoms with Crippen LogP contribution in [0.15, 0.2) is 22.7 Å². The highest BCUT2D eigenvalue weighted by molar-refractivity contribution is 5.85. The van der Waals surface area contributed by atoms with Crippen molar-refractivity contribution in [1.82, 2.24) is 25.2 Å². The van der Waals surface area contributed by atoms with Crippen LogP contribution in [0, 0.1) is 6.92 Å². The molecule has 0 radical (unpaired) electrons. The lowest BCUT2D eigenvalue weighted by atomic mass is 9.86. The molecule has 2 aromatic heterocycles. The number of fused-ring (bicyclic) bond motifs is 1. The summed E-state index contributed by atoms with van der Waals surface area (Å²) in [5.41, 5.74) is 3.00. The number of amides is 1. The van der Waals surface area contributed by atoms with E-state index in [2.05, 4.69) is 32.7 Å². The highest BCUT2D eigenvalue weighted by atomic mass is 16.5. The Hall–Kier alpha value is -2.70. The SMILES string of the molecule is CC(=O)N[C@H]1CC[C@H](c2nc(-c3ccc4c(C)nn(C)c4c3)no2)CC1. The van der Waals surface area contributed by atoms with E-state index < -0.39 is 0 Å². The maximum atomic E-state index is 11.2. The minimum Gasteiger partial charge on any atom is -0.354 e. The minimum absolute atomic E-state index is 0.0364. The Morgan fingerprint density at radius 2 is 2.04 bits per heavy atom. The van der Waals surface area contributed by atoms with Crippen molar-refractivity contribution in [2.75, 3.05) is 0 Å². The summed E-state index contributed by atoms with van der Waals surface area (Å²) in [5, 5.41) is 12.8. The zero-order chi connectivity index (χ0) is 18.3. The van der Waals surface area contributed by atoms with Gasteiger partial charge in [0.25, 0.3) is 0 Å². The molecule has 1 aliphatic carbocycles. The molecule has 136 valence electrons. The van der Waals surface area contributed by atoms with Crippen LogP contribution < -0.4 is 5.32 Å². The van der Waals surface area contributed by atoms with Crippen LogP contribution >= 0.6 is 0 Å². The molecule has 0 unspecified atom stereocenters. The van der Waals surface area contributed by atoms with Gasteiger partial charge in [0.2, 0.25) is 17.6 Å². The summed E-state index contributed by atoms with van der Waals surface area (Å²) in [6, 6.07) is 6.39. The first kappa shape index (κ1) is 16.8. The third-order valence-electron chi connectivity index (χ3n) is 5.22. The molecule has 0 saturated heterocycles. The molecule has 26 heavy (non-hydrogen) atoms. The van der Waals surface area contributed by atoms with Crippen molar-refractivity contribution in [3.8, 4) is 11.4 Å². The van der Waals surface area contributed by atoms with Gasteiger partial charge in [0.1, 0.15) is 0 Å². The van der Waals surface area contributed by atoms with Crippen LogP contribution in [0.1, 0.15) is 50.1 Å². The van der Waals surface area contributed by atoms with E-state index in [9.17, 15) is 4.79 Å². The van der Waals surface area contributed by atoms with Gasteiger partial charge in [-0.2, -0.15) is 10.1 Å². The van der Waals surface area contributed by atoms with E-state index in [-0.39, 0.29) is 17.9 Å². The third kappa shape index (κ3) is 3.09. The van der Waals surface area contributed by atoms with Crippen molar-refractivity contribution in [2.45, 2.75) is 51.5 Å². The maximum absolute atomic E-state index is 11.2. The van der Waals surface area contributed by atoms with Gasteiger partial charge in [-0.1, -0.05) is 17.3 Å². The van der Waals surface area contributed by atoms with Gasteiger partial charge in [0, 0.05) is 36.9 Å². The maximum Gasteiger partial charge on any atom is 0.230 e. The van der Waals surface area contributed by atoms with Crippen molar-refractivity contribution in [3.05, 3.63) is 29.8 Å². The van der Waals surface area contributed by atoms with Crippen molar-refractivity contribution in [2.24, 2.45) is 7.05 Å². The Morgan fingerprint density at radius 3 is 2.77 bits per heavy atom. The molecule has 2 heterocycles. The number of rotatable bonds is 3. The predicted molar refractivity (Wildman–Crippen MR) is 97.6 cm³/mol. The Labute approximate surface area is 151 Å². The second-order valence-corrected chi connectivity index (χ2v) is 7.15. The van der Waals surface area contributed by atoms with Crippen LogP contribution in [-0.2, 0) is 11.8 Å². The zero-order valence-electron chi connectivity index (χ0n) is 15.3. The molecule has 1 aliphatic rings. The molecule has 7 nitrogen and oxygen atoms in total. The molecule has 1 saturated carbocycles. The topological polar surface area (TPSA) is 85.8 Å². The molecular formula is C19H23N5O2. The molecule has 1 N–H and O–H groups in total. The van der Waals surface area contributed by atoms with Crippen molar-refractivity contribution < 1.29 is 9.32 Å². The van der Waals surface area contributed by atoms with Crippen LogP contribution in [0.4, 0.5) is 0 Å². The van der Waals surface area contributed by atoms with E-state index in [1.165, 1.54) is 0 Å². The average Bonchev–Trinajstić information content (AvgIpc) is 3.21. The number of nitrogens with zero attached hydrogens (tertiary/aromatic N) is 4. The molecule has 4 rings (SSSR count). The van der Waals surface area contributed by atoms with Crippen LogP contribution in [0.2, 0.25) is 0 Å². The summed E-state index contributed by atoms with van der Waals surface area (Å²) in [7, 11) is 1.94. The van der Waals surface area contributed by atoms with Gasteiger partial charge in [-0.15, -0.1) is 0 Å². The van der Waals surface area contributed by atoms with Crippen molar-refractivity contribution in [3.63, 3.8) is 0 Å². The van der Waals surface area contributed by atoms with Gasteiger partial charge in [0.15, 0.2) is 0 Å². The van der Waals surface area contributed by atoms with Crippen LogP contribution in [0.3, 0.4) is 0 Å². The summed E-state index contributed by atoms with van der Waals surface area (Å²) < 4.78 is 7.42. The second kappa shape index (κ2) is 6.55. The lowest BCUT2D eigenvalue weighted by molar-refractivity contribution is -0.119. The van der Waals surface area contributed by atoms with E-state index in [0.717, 1.165) is 47.8 Å². The van der Waals surface area contributed by atoms with E-state index in [4.69, 9.17) is 4.52 Å². The predicted octanol–water partition coefficient (Wildman–Crippen LogP) is 3.09. The van der Waals surface area contributed by atoms with Crippen LogP contribution in [0.5, 0.6) is 0 Å². The van der Waals surface area contributed by atoms with E-state index in [1.54, 1.807) is 6.92 Å². The van der Waals surface area contributed by atoms with E-state index >= 15 is 0 Å². The number of carbonyl (C=O) groups excluding carboxylic acids is 1. The lowest BCUT2D eigenvalue weighted by Gasteiger charge is -2.26. The summed E-state index contributed by atoms with van der Waals surface area (Å²) in [6.45, 7) is 3.57. The second-order valence-electron chi connectivity index (χ2n) is 7.15. The quantitative estimate of drug-likeness (QED) is 0.782.